The van der Waals surface area contributed by atoms with Gasteiger partial charge in [0.25, 0.3) is 0 Å². The van der Waals surface area contributed by atoms with Crippen LogP contribution in [0.4, 0.5) is 0 Å². The summed E-state index contributed by atoms with van der Waals surface area (Å²) < 4.78 is 21.1. The van der Waals surface area contributed by atoms with E-state index in [1.54, 1.807) is 6.92 Å². The summed E-state index contributed by atoms with van der Waals surface area (Å²) in [5.74, 6) is -0.533. The molecule has 10 nitrogen and oxygen atoms in total. The first kappa shape index (κ1) is 19.9. The van der Waals surface area contributed by atoms with E-state index in [2.05, 4.69) is 0 Å². The Bertz CT molecular complexity index is 392. The van der Waals surface area contributed by atoms with Gasteiger partial charge in [-0.15, -0.1) is 0 Å². The Balaban J connectivity index is 2.12. The fourth-order valence-electron chi connectivity index (χ4n) is 2.96. The van der Waals surface area contributed by atoms with Crippen molar-refractivity contribution in [1.82, 2.24) is 0 Å². The SMILES string of the molecule is CO[C@H]1O[C@H](CO)[C@@H](O[C@H]2O[C@H](CO)[C@@H](C)[C@H](O)[C@H]2O)[C@H](O)[C@H]1O. The fourth-order valence-corrected chi connectivity index (χ4v) is 2.96. The number of aliphatic hydroxyl groups is 6. The summed E-state index contributed by atoms with van der Waals surface area (Å²) in [5, 5.41) is 59.0. The normalized spacial score (nSPS) is 50.0. The van der Waals surface area contributed by atoms with Gasteiger partial charge in [-0.25, -0.2) is 0 Å². The molecule has 0 saturated carbocycles. The highest BCUT2D eigenvalue weighted by molar-refractivity contribution is 4.93. The molecule has 6 N–H and O–H groups in total. The summed E-state index contributed by atoms with van der Waals surface area (Å²) in [4.78, 5) is 0. The molecule has 0 bridgehead atoms. The monoisotopic (exact) mass is 354 g/mol. The van der Waals surface area contributed by atoms with Gasteiger partial charge in [0.1, 0.15) is 30.5 Å². The van der Waals surface area contributed by atoms with Crippen LogP contribution in [-0.4, -0.2) is 106 Å². The van der Waals surface area contributed by atoms with E-state index in [1.807, 2.05) is 0 Å². The van der Waals surface area contributed by atoms with E-state index in [0.717, 1.165) is 0 Å². The Hall–Kier alpha value is -0.400. The second-order valence-electron chi connectivity index (χ2n) is 6.11. The van der Waals surface area contributed by atoms with E-state index >= 15 is 0 Å². The number of aliphatic hydroxyl groups excluding tert-OH is 6. The summed E-state index contributed by atoms with van der Waals surface area (Å²) >= 11 is 0. The maximum absolute atomic E-state index is 10.2. The van der Waals surface area contributed by atoms with Gasteiger partial charge in [0.05, 0.1) is 25.4 Å². The fraction of sp³-hybridized carbons (Fsp3) is 1.00. The van der Waals surface area contributed by atoms with E-state index in [0.29, 0.717) is 0 Å². The molecule has 0 aromatic heterocycles. The molecule has 2 saturated heterocycles. The predicted octanol–water partition coefficient (Wildman–Crippen LogP) is -3.47. The smallest absolute Gasteiger partial charge is 0.187 e. The van der Waals surface area contributed by atoms with Gasteiger partial charge < -0.3 is 49.6 Å². The molecule has 2 heterocycles. The molecule has 0 radical (unpaired) electrons. The van der Waals surface area contributed by atoms with Gasteiger partial charge in [-0.1, -0.05) is 6.92 Å². The van der Waals surface area contributed by atoms with Crippen molar-refractivity contribution in [2.24, 2.45) is 5.92 Å². The third kappa shape index (κ3) is 3.73. The molecule has 0 aromatic rings. The maximum Gasteiger partial charge on any atom is 0.187 e. The van der Waals surface area contributed by atoms with Gasteiger partial charge in [0.15, 0.2) is 12.6 Å². The molecule has 2 aliphatic heterocycles. The van der Waals surface area contributed by atoms with Gasteiger partial charge in [0.2, 0.25) is 0 Å². The minimum atomic E-state index is -1.49. The highest BCUT2D eigenvalue weighted by atomic mass is 16.7. The molecule has 0 amide bonds. The van der Waals surface area contributed by atoms with Crippen LogP contribution in [-0.2, 0) is 18.9 Å². The van der Waals surface area contributed by atoms with Crippen molar-refractivity contribution in [2.75, 3.05) is 20.3 Å². The second-order valence-corrected chi connectivity index (χ2v) is 6.11. The van der Waals surface area contributed by atoms with Gasteiger partial charge in [0, 0.05) is 13.0 Å². The lowest BCUT2D eigenvalue weighted by Crippen LogP contribution is -2.63. The highest BCUT2D eigenvalue weighted by Gasteiger charge is 2.49. The Kier molecular flexibility index (Phi) is 6.90. The first-order valence-electron chi connectivity index (χ1n) is 7.78. The van der Waals surface area contributed by atoms with Crippen LogP contribution in [0.15, 0.2) is 0 Å². The molecule has 0 unspecified atom stereocenters. The Labute approximate surface area is 139 Å². The Morgan fingerprint density at radius 1 is 0.792 bits per heavy atom. The van der Waals surface area contributed by atoms with Crippen molar-refractivity contribution < 1.29 is 49.6 Å². The minimum Gasteiger partial charge on any atom is -0.394 e. The maximum atomic E-state index is 10.2. The Morgan fingerprint density at radius 3 is 1.88 bits per heavy atom. The van der Waals surface area contributed by atoms with Crippen LogP contribution in [0.3, 0.4) is 0 Å². The van der Waals surface area contributed by atoms with Crippen LogP contribution in [0.1, 0.15) is 6.92 Å². The van der Waals surface area contributed by atoms with E-state index in [-0.39, 0.29) is 0 Å². The predicted molar refractivity (Wildman–Crippen MR) is 76.6 cm³/mol. The minimum absolute atomic E-state index is 0.396. The zero-order chi connectivity index (χ0) is 18.0. The molecule has 10 heteroatoms. The van der Waals surface area contributed by atoms with Gasteiger partial charge in [-0.05, 0) is 0 Å². The van der Waals surface area contributed by atoms with Gasteiger partial charge in [-0.2, -0.15) is 0 Å². The molecule has 0 aromatic carbocycles. The number of hydrogen-bond donors (Lipinski definition) is 6. The van der Waals surface area contributed by atoms with Crippen LogP contribution in [0, 0.1) is 5.92 Å². The highest BCUT2D eigenvalue weighted by Crippen LogP contribution is 2.31. The third-order valence-electron chi connectivity index (χ3n) is 4.59. The molecule has 2 fully saturated rings. The molecule has 0 spiro atoms. The van der Waals surface area contributed by atoms with Crippen molar-refractivity contribution in [2.45, 2.75) is 62.2 Å². The number of ether oxygens (including phenoxy) is 4. The zero-order valence-electron chi connectivity index (χ0n) is 13.5. The third-order valence-corrected chi connectivity index (χ3v) is 4.59. The topological polar surface area (TPSA) is 158 Å². The largest absolute Gasteiger partial charge is 0.394 e. The lowest BCUT2D eigenvalue weighted by Gasteiger charge is -2.46. The summed E-state index contributed by atoms with van der Waals surface area (Å²) in [6.07, 6.45) is -11.2. The van der Waals surface area contributed by atoms with Crippen LogP contribution < -0.4 is 0 Å². The quantitative estimate of drug-likeness (QED) is 0.293. The van der Waals surface area contributed by atoms with Crippen LogP contribution in [0.5, 0.6) is 0 Å². The molecule has 0 aliphatic carbocycles. The number of hydrogen-bond acceptors (Lipinski definition) is 10. The summed E-state index contributed by atoms with van der Waals surface area (Å²) in [6, 6.07) is 0. The van der Waals surface area contributed by atoms with Crippen LogP contribution in [0.25, 0.3) is 0 Å². The van der Waals surface area contributed by atoms with Gasteiger partial charge >= 0.3 is 0 Å². The summed E-state index contributed by atoms with van der Waals surface area (Å²) in [5.41, 5.74) is 0. The first-order chi connectivity index (χ1) is 11.3. The number of rotatable bonds is 5. The van der Waals surface area contributed by atoms with Crippen molar-refractivity contribution in [3.05, 3.63) is 0 Å². The average molecular weight is 354 g/mol. The van der Waals surface area contributed by atoms with Crippen molar-refractivity contribution >= 4 is 0 Å². The lowest BCUT2D eigenvalue weighted by atomic mass is 9.91. The number of methoxy groups -OCH3 is 1. The zero-order valence-corrected chi connectivity index (χ0v) is 13.5. The summed E-state index contributed by atoms with van der Waals surface area (Å²) in [6.45, 7) is 0.666. The van der Waals surface area contributed by atoms with Gasteiger partial charge in [-0.3, -0.25) is 0 Å². The molecule has 2 rings (SSSR count). The van der Waals surface area contributed by atoms with E-state index in [1.165, 1.54) is 7.11 Å². The second kappa shape index (κ2) is 8.32. The molecule has 10 atom stereocenters. The average Bonchev–Trinajstić information content (AvgIpc) is 2.59. The lowest BCUT2D eigenvalue weighted by molar-refractivity contribution is -0.353. The van der Waals surface area contributed by atoms with Crippen molar-refractivity contribution in [1.29, 1.82) is 0 Å². The van der Waals surface area contributed by atoms with Crippen molar-refractivity contribution in [3.63, 3.8) is 0 Å². The van der Waals surface area contributed by atoms with E-state index in [4.69, 9.17) is 18.9 Å². The molecule has 2 aliphatic rings. The van der Waals surface area contributed by atoms with Crippen LogP contribution >= 0.6 is 0 Å². The molecular weight excluding hydrogens is 328 g/mol. The first-order valence-corrected chi connectivity index (χ1v) is 7.78. The molecule has 24 heavy (non-hydrogen) atoms. The standard InChI is InChI=1S/C14H26O10/c1-5-6(3-15)22-14(10(19)8(5)17)24-12-7(4-16)23-13(21-2)11(20)9(12)18/h5-20H,3-4H2,1-2H3/t5-,6-,7-,8+,9-,10-,11-,12-,13+,14-/m1/s1. The van der Waals surface area contributed by atoms with E-state index in [9.17, 15) is 30.6 Å². The molecule has 142 valence electrons. The summed E-state index contributed by atoms with van der Waals surface area (Å²) in [7, 11) is 1.27. The Morgan fingerprint density at radius 2 is 1.33 bits per heavy atom. The van der Waals surface area contributed by atoms with E-state index < -0.39 is 74.4 Å². The van der Waals surface area contributed by atoms with Crippen molar-refractivity contribution in [3.8, 4) is 0 Å². The van der Waals surface area contributed by atoms with Crippen LogP contribution in [0.2, 0.25) is 0 Å². The molecular formula is C14H26O10.